The van der Waals surface area contributed by atoms with E-state index in [1.807, 2.05) is 0 Å². The van der Waals surface area contributed by atoms with E-state index in [0.717, 1.165) is 32.2 Å². The van der Waals surface area contributed by atoms with Crippen LogP contribution < -0.4 is 5.32 Å². The Morgan fingerprint density at radius 3 is 3.06 bits per heavy atom. The molecule has 3 unspecified atom stereocenters. The Labute approximate surface area is 107 Å². The SMILES string of the molecule is O=C1CCCC2C3Nc4ccccc4C3CCN12. The van der Waals surface area contributed by atoms with Gasteiger partial charge in [0.25, 0.3) is 0 Å². The molecule has 0 radical (unpaired) electrons. The molecular formula is C15H18N2O. The van der Waals surface area contributed by atoms with E-state index in [4.69, 9.17) is 0 Å². The Hall–Kier alpha value is -1.51. The Morgan fingerprint density at radius 2 is 2.11 bits per heavy atom. The second-order valence-electron chi connectivity index (χ2n) is 5.70. The van der Waals surface area contributed by atoms with Crippen LogP contribution in [0, 0.1) is 0 Å². The Kier molecular flexibility index (Phi) is 2.16. The van der Waals surface area contributed by atoms with Gasteiger partial charge in [0.05, 0.1) is 12.1 Å². The van der Waals surface area contributed by atoms with Crippen LogP contribution in [0.5, 0.6) is 0 Å². The maximum Gasteiger partial charge on any atom is 0.222 e. The molecule has 0 spiro atoms. The van der Waals surface area contributed by atoms with Crippen molar-refractivity contribution in [2.24, 2.45) is 0 Å². The molecule has 3 aliphatic heterocycles. The van der Waals surface area contributed by atoms with Crippen molar-refractivity contribution in [2.45, 2.75) is 43.7 Å². The largest absolute Gasteiger partial charge is 0.379 e. The van der Waals surface area contributed by atoms with Crippen LogP contribution in [0.2, 0.25) is 0 Å². The molecule has 2 fully saturated rings. The van der Waals surface area contributed by atoms with Crippen LogP contribution >= 0.6 is 0 Å². The molecular weight excluding hydrogens is 224 g/mol. The second kappa shape index (κ2) is 3.74. The van der Waals surface area contributed by atoms with Crippen LogP contribution in [0.25, 0.3) is 0 Å². The van der Waals surface area contributed by atoms with Crippen molar-refractivity contribution in [2.75, 3.05) is 11.9 Å². The zero-order valence-electron chi connectivity index (χ0n) is 10.4. The predicted octanol–water partition coefficient (Wildman–Crippen LogP) is 2.35. The first-order valence-electron chi connectivity index (χ1n) is 6.99. The van der Waals surface area contributed by atoms with Gasteiger partial charge in [-0.25, -0.2) is 0 Å². The third kappa shape index (κ3) is 1.33. The number of amides is 1. The summed E-state index contributed by atoms with van der Waals surface area (Å²) in [6, 6.07) is 9.49. The lowest BCUT2D eigenvalue weighted by molar-refractivity contribution is -0.138. The number of benzene rings is 1. The van der Waals surface area contributed by atoms with E-state index >= 15 is 0 Å². The highest BCUT2D eigenvalue weighted by atomic mass is 16.2. The summed E-state index contributed by atoms with van der Waals surface area (Å²) >= 11 is 0. The van der Waals surface area contributed by atoms with Gasteiger partial charge in [-0.3, -0.25) is 4.79 Å². The van der Waals surface area contributed by atoms with Gasteiger partial charge in [-0.05, 0) is 30.9 Å². The maximum absolute atomic E-state index is 12.0. The Morgan fingerprint density at radius 1 is 1.22 bits per heavy atom. The minimum Gasteiger partial charge on any atom is -0.379 e. The van der Waals surface area contributed by atoms with Crippen molar-refractivity contribution in [1.82, 2.24) is 4.90 Å². The molecule has 18 heavy (non-hydrogen) atoms. The van der Waals surface area contributed by atoms with E-state index in [0.29, 0.717) is 23.9 Å². The summed E-state index contributed by atoms with van der Waals surface area (Å²) in [6.45, 7) is 0.945. The van der Waals surface area contributed by atoms with Gasteiger partial charge in [0, 0.05) is 24.6 Å². The molecule has 2 saturated heterocycles. The summed E-state index contributed by atoms with van der Waals surface area (Å²) in [4.78, 5) is 14.1. The third-order valence-electron chi connectivity index (χ3n) is 4.82. The molecule has 1 amide bonds. The fourth-order valence-electron chi connectivity index (χ4n) is 4.01. The van der Waals surface area contributed by atoms with Gasteiger partial charge >= 0.3 is 0 Å². The number of rotatable bonds is 0. The number of nitrogens with zero attached hydrogens (tertiary/aromatic N) is 1. The van der Waals surface area contributed by atoms with E-state index in [1.54, 1.807) is 0 Å². The number of carbonyl (C=O) groups excluding carboxylic acids is 1. The zero-order chi connectivity index (χ0) is 12.1. The molecule has 94 valence electrons. The Balaban J connectivity index is 1.69. The number of carbonyl (C=O) groups is 1. The number of nitrogens with one attached hydrogen (secondary N) is 1. The molecule has 0 bridgehead atoms. The zero-order valence-corrected chi connectivity index (χ0v) is 10.4. The summed E-state index contributed by atoms with van der Waals surface area (Å²) in [5.41, 5.74) is 2.74. The summed E-state index contributed by atoms with van der Waals surface area (Å²) in [5, 5.41) is 3.66. The monoisotopic (exact) mass is 242 g/mol. The number of para-hydroxylation sites is 1. The smallest absolute Gasteiger partial charge is 0.222 e. The number of hydrogen-bond donors (Lipinski definition) is 1. The molecule has 0 saturated carbocycles. The fraction of sp³-hybridized carbons (Fsp3) is 0.533. The average Bonchev–Trinajstić information content (AvgIpc) is 2.78. The number of piperidine rings is 2. The Bertz CT molecular complexity index is 499. The molecule has 3 heteroatoms. The fourth-order valence-corrected chi connectivity index (χ4v) is 4.01. The molecule has 3 nitrogen and oxygen atoms in total. The molecule has 0 aliphatic carbocycles. The molecule has 1 N–H and O–H groups in total. The number of hydrogen-bond acceptors (Lipinski definition) is 2. The van der Waals surface area contributed by atoms with Gasteiger partial charge in [0.2, 0.25) is 5.91 Å². The van der Waals surface area contributed by atoms with E-state index < -0.39 is 0 Å². The standard InChI is InChI=1S/C15H18N2O/c18-14-7-3-6-13-15-11(8-9-17(13)14)10-4-1-2-5-12(10)16-15/h1-2,4-5,11,13,15-16H,3,6-9H2. The van der Waals surface area contributed by atoms with Crippen LogP contribution in [0.1, 0.15) is 37.2 Å². The summed E-state index contributed by atoms with van der Waals surface area (Å²) in [7, 11) is 0. The van der Waals surface area contributed by atoms with Crippen molar-refractivity contribution in [1.29, 1.82) is 0 Å². The topological polar surface area (TPSA) is 32.3 Å². The lowest BCUT2D eigenvalue weighted by Gasteiger charge is -2.45. The highest BCUT2D eigenvalue weighted by molar-refractivity contribution is 5.78. The van der Waals surface area contributed by atoms with Crippen LogP contribution in [0.4, 0.5) is 5.69 Å². The van der Waals surface area contributed by atoms with E-state index in [-0.39, 0.29) is 0 Å². The molecule has 3 aliphatic rings. The summed E-state index contributed by atoms with van der Waals surface area (Å²) < 4.78 is 0. The van der Waals surface area contributed by atoms with Gasteiger partial charge in [-0.15, -0.1) is 0 Å². The molecule has 1 aromatic rings. The van der Waals surface area contributed by atoms with Gasteiger partial charge in [-0.1, -0.05) is 18.2 Å². The van der Waals surface area contributed by atoms with Gasteiger partial charge < -0.3 is 10.2 Å². The van der Waals surface area contributed by atoms with Crippen molar-refractivity contribution < 1.29 is 4.79 Å². The summed E-state index contributed by atoms with van der Waals surface area (Å²) in [5.74, 6) is 0.968. The van der Waals surface area contributed by atoms with E-state index in [9.17, 15) is 4.79 Å². The van der Waals surface area contributed by atoms with Crippen molar-refractivity contribution in [3.63, 3.8) is 0 Å². The number of anilines is 1. The van der Waals surface area contributed by atoms with Crippen LogP contribution in [-0.4, -0.2) is 29.4 Å². The van der Waals surface area contributed by atoms with Crippen LogP contribution in [-0.2, 0) is 4.79 Å². The van der Waals surface area contributed by atoms with Gasteiger partial charge in [0.15, 0.2) is 0 Å². The predicted molar refractivity (Wildman–Crippen MR) is 70.6 cm³/mol. The first kappa shape index (κ1) is 10.4. The van der Waals surface area contributed by atoms with Gasteiger partial charge in [-0.2, -0.15) is 0 Å². The lowest BCUT2D eigenvalue weighted by atomic mass is 9.80. The molecule has 3 heterocycles. The third-order valence-corrected chi connectivity index (χ3v) is 4.82. The normalized spacial score (nSPS) is 33.4. The quantitative estimate of drug-likeness (QED) is 0.757. The highest BCUT2D eigenvalue weighted by Gasteiger charge is 2.45. The average molecular weight is 242 g/mol. The van der Waals surface area contributed by atoms with E-state index in [2.05, 4.69) is 34.5 Å². The molecule has 3 atom stereocenters. The van der Waals surface area contributed by atoms with Gasteiger partial charge in [0.1, 0.15) is 0 Å². The molecule has 0 aromatic heterocycles. The molecule has 1 aromatic carbocycles. The van der Waals surface area contributed by atoms with Crippen molar-refractivity contribution in [3.05, 3.63) is 29.8 Å². The van der Waals surface area contributed by atoms with Crippen LogP contribution in [0.3, 0.4) is 0 Å². The van der Waals surface area contributed by atoms with E-state index in [1.165, 1.54) is 11.3 Å². The van der Waals surface area contributed by atoms with Crippen molar-refractivity contribution in [3.8, 4) is 0 Å². The second-order valence-corrected chi connectivity index (χ2v) is 5.70. The highest BCUT2D eigenvalue weighted by Crippen LogP contribution is 2.44. The lowest BCUT2D eigenvalue weighted by Crippen LogP contribution is -2.56. The maximum atomic E-state index is 12.0. The minimum absolute atomic E-state index is 0.363. The number of fused-ring (bicyclic) bond motifs is 5. The summed E-state index contributed by atoms with van der Waals surface area (Å²) in [6.07, 6.45) is 4.08. The molecule has 4 rings (SSSR count). The first-order valence-corrected chi connectivity index (χ1v) is 6.99. The first-order chi connectivity index (χ1) is 8.84. The minimum atomic E-state index is 0.363. The van der Waals surface area contributed by atoms with Crippen molar-refractivity contribution >= 4 is 11.6 Å². The van der Waals surface area contributed by atoms with Crippen LogP contribution in [0.15, 0.2) is 24.3 Å².